The highest BCUT2D eigenvalue weighted by Crippen LogP contribution is 2.23. The molecule has 0 spiro atoms. The first-order valence-corrected chi connectivity index (χ1v) is 8.30. The third-order valence-corrected chi connectivity index (χ3v) is 4.08. The lowest BCUT2D eigenvalue weighted by atomic mass is 10.1. The van der Waals surface area contributed by atoms with E-state index < -0.39 is 6.10 Å². The first-order chi connectivity index (χ1) is 12.4. The van der Waals surface area contributed by atoms with Gasteiger partial charge in [0.05, 0.1) is 12.2 Å². The monoisotopic (exact) mass is 352 g/mol. The number of aromatic nitrogens is 1. The molecule has 2 heterocycles. The number of hydrogen-bond acceptors (Lipinski definition) is 5. The first kappa shape index (κ1) is 17.7. The second kappa shape index (κ2) is 7.39. The van der Waals surface area contributed by atoms with Crippen molar-refractivity contribution in [2.24, 2.45) is 0 Å². The summed E-state index contributed by atoms with van der Waals surface area (Å²) in [5, 5.41) is 0.781. The molecular weight excluding hydrogens is 332 g/mol. The van der Waals surface area contributed by atoms with Crippen LogP contribution in [0.4, 0.5) is 0 Å². The molecule has 0 aliphatic heterocycles. The normalized spacial score (nSPS) is 12.0. The molecule has 0 saturated heterocycles. The molecule has 134 valence electrons. The zero-order valence-corrected chi connectivity index (χ0v) is 14.9. The van der Waals surface area contributed by atoms with Crippen LogP contribution in [0.3, 0.4) is 0 Å². The minimum absolute atomic E-state index is 0.146. The summed E-state index contributed by atoms with van der Waals surface area (Å²) in [7, 11) is 1.72. The van der Waals surface area contributed by atoms with Gasteiger partial charge in [0.2, 0.25) is 0 Å². The SMILES string of the molecule is Cc1cc(=O)oc2ccc(OC(C)C(=O)N(C)Cc3ccccn3)cc12. The number of carbonyl (C=O) groups is 1. The largest absolute Gasteiger partial charge is 0.481 e. The molecule has 1 aromatic carbocycles. The number of pyridine rings is 1. The Kier molecular flexibility index (Phi) is 5.02. The van der Waals surface area contributed by atoms with E-state index in [1.54, 1.807) is 43.3 Å². The van der Waals surface area contributed by atoms with Gasteiger partial charge < -0.3 is 14.1 Å². The van der Waals surface area contributed by atoms with E-state index in [0.29, 0.717) is 17.9 Å². The number of rotatable bonds is 5. The number of ether oxygens (including phenoxy) is 1. The Labute approximate surface area is 151 Å². The molecule has 1 unspecified atom stereocenters. The Bertz CT molecular complexity index is 982. The van der Waals surface area contributed by atoms with E-state index in [0.717, 1.165) is 16.6 Å². The Morgan fingerprint density at radius 2 is 2.08 bits per heavy atom. The molecule has 3 rings (SSSR count). The average Bonchev–Trinajstić information content (AvgIpc) is 2.62. The van der Waals surface area contributed by atoms with Crippen LogP contribution in [0.15, 0.2) is 57.9 Å². The second-order valence-electron chi connectivity index (χ2n) is 6.18. The number of amides is 1. The fourth-order valence-corrected chi connectivity index (χ4v) is 2.75. The van der Waals surface area contributed by atoms with Crippen LogP contribution in [-0.2, 0) is 11.3 Å². The number of benzene rings is 1. The highest BCUT2D eigenvalue weighted by atomic mass is 16.5. The molecule has 2 aromatic heterocycles. The smallest absolute Gasteiger partial charge is 0.336 e. The summed E-state index contributed by atoms with van der Waals surface area (Å²) in [5.41, 5.74) is 1.72. The Morgan fingerprint density at radius 3 is 2.81 bits per heavy atom. The fourth-order valence-electron chi connectivity index (χ4n) is 2.75. The Morgan fingerprint density at radius 1 is 1.27 bits per heavy atom. The summed E-state index contributed by atoms with van der Waals surface area (Å²) in [4.78, 5) is 29.8. The van der Waals surface area contributed by atoms with Crippen LogP contribution in [0.2, 0.25) is 0 Å². The molecule has 1 amide bonds. The van der Waals surface area contributed by atoms with E-state index >= 15 is 0 Å². The summed E-state index contributed by atoms with van der Waals surface area (Å²) < 4.78 is 11.0. The van der Waals surface area contributed by atoms with Gasteiger partial charge in [0, 0.05) is 24.7 Å². The molecule has 0 saturated carbocycles. The number of nitrogens with zero attached hydrogens (tertiary/aromatic N) is 2. The van der Waals surface area contributed by atoms with Gasteiger partial charge in [-0.3, -0.25) is 9.78 Å². The van der Waals surface area contributed by atoms with Crippen LogP contribution >= 0.6 is 0 Å². The van der Waals surface area contributed by atoms with Crippen LogP contribution in [0, 0.1) is 6.92 Å². The maximum absolute atomic E-state index is 12.5. The van der Waals surface area contributed by atoms with Gasteiger partial charge in [0.1, 0.15) is 11.3 Å². The van der Waals surface area contributed by atoms with Gasteiger partial charge in [0.25, 0.3) is 5.91 Å². The number of likely N-dealkylation sites (N-methyl/N-ethyl adjacent to an activating group) is 1. The highest BCUT2D eigenvalue weighted by Gasteiger charge is 2.20. The van der Waals surface area contributed by atoms with Crippen molar-refractivity contribution in [2.75, 3.05) is 7.05 Å². The standard InChI is InChI=1S/C20H20N2O4/c1-13-10-19(23)26-18-8-7-16(11-17(13)18)25-14(2)20(24)22(3)12-15-6-4-5-9-21-15/h4-11,14H,12H2,1-3H3. The lowest BCUT2D eigenvalue weighted by molar-refractivity contribution is -0.137. The van der Waals surface area contributed by atoms with Crippen LogP contribution < -0.4 is 10.4 Å². The summed E-state index contributed by atoms with van der Waals surface area (Å²) in [6.45, 7) is 3.95. The third kappa shape index (κ3) is 3.91. The maximum atomic E-state index is 12.5. The molecule has 0 radical (unpaired) electrons. The Hall–Kier alpha value is -3.15. The van der Waals surface area contributed by atoms with E-state index in [2.05, 4.69) is 4.98 Å². The van der Waals surface area contributed by atoms with Crippen molar-refractivity contribution in [3.63, 3.8) is 0 Å². The maximum Gasteiger partial charge on any atom is 0.336 e. The van der Waals surface area contributed by atoms with E-state index in [9.17, 15) is 9.59 Å². The van der Waals surface area contributed by atoms with Gasteiger partial charge in [-0.1, -0.05) is 6.07 Å². The predicted molar refractivity (Wildman–Crippen MR) is 98.0 cm³/mol. The van der Waals surface area contributed by atoms with Crippen LogP contribution in [0.1, 0.15) is 18.2 Å². The summed E-state index contributed by atoms with van der Waals surface area (Å²) >= 11 is 0. The van der Waals surface area contributed by atoms with Gasteiger partial charge in [-0.05, 0) is 49.7 Å². The molecule has 3 aromatic rings. The van der Waals surface area contributed by atoms with E-state index in [-0.39, 0.29) is 11.5 Å². The average molecular weight is 352 g/mol. The van der Waals surface area contributed by atoms with Crippen molar-refractivity contribution in [3.05, 3.63) is 70.3 Å². The highest BCUT2D eigenvalue weighted by molar-refractivity contribution is 5.83. The lowest BCUT2D eigenvalue weighted by Crippen LogP contribution is -2.37. The molecule has 1 atom stereocenters. The third-order valence-electron chi connectivity index (χ3n) is 4.08. The molecule has 6 nitrogen and oxygen atoms in total. The quantitative estimate of drug-likeness (QED) is 0.660. The number of aryl methyl sites for hydroxylation is 1. The Balaban J connectivity index is 1.72. The second-order valence-corrected chi connectivity index (χ2v) is 6.18. The topological polar surface area (TPSA) is 72.6 Å². The molecule has 0 fully saturated rings. The number of hydrogen-bond donors (Lipinski definition) is 0. The van der Waals surface area contributed by atoms with Crippen molar-refractivity contribution in [1.82, 2.24) is 9.88 Å². The molecular formula is C20H20N2O4. The predicted octanol–water partition coefficient (Wildman–Crippen LogP) is 2.92. The first-order valence-electron chi connectivity index (χ1n) is 8.30. The number of carbonyl (C=O) groups excluding carboxylic acids is 1. The zero-order chi connectivity index (χ0) is 18.7. The molecule has 0 aliphatic carbocycles. The fraction of sp³-hybridized carbons (Fsp3) is 0.250. The summed E-state index contributed by atoms with van der Waals surface area (Å²) in [5.74, 6) is 0.397. The van der Waals surface area contributed by atoms with Crippen LogP contribution in [-0.4, -0.2) is 28.9 Å². The summed E-state index contributed by atoms with van der Waals surface area (Å²) in [6, 6.07) is 12.2. The van der Waals surface area contributed by atoms with Crippen molar-refractivity contribution in [3.8, 4) is 5.75 Å². The van der Waals surface area contributed by atoms with Gasteiger partial charge >= 0.3 is 5.63 Å². The minimum Gasteiger partial charge on any atom is -0.481 e. The molecule has 0 aliphatic rings. The summed E-state index contributed by atoms with van der Waals surface area (Å²) in [6.07, 6.45) is 1.04. The van der Waals surface area contributed by atoms with Crippen molar-refractivity contribution in [2.45, 2.75) is 26.5 Å². The molecule has 26 heavy (non-hydrogen) atoms. The van der Waals surface area contributed by atoms with Crippen molar-refractivity contribution in [1.29, 1.82) is 0 Å². The number of fused-ring (bicyclic) bond motifs is 1. The molecule has 6 heteroatoms. The van der Waals surface area contributed by atoms with Crippen molar-refractivity contribution < 1.29 is 13.9 Å². The minimum atomic E-state index is -0.655. The van der Waals surface area contributed by atoms with E-state index in [1.165, 1.54) is 6.07 Å². The van der Waals surface area contributed by atoms with Crippen LogP contribution in [0.5, 0.6) is 5.75 Å². The van der Waals surface area contributed by atoms with Gasteiger partial charge in [0.15, 0.2) is 6.10 Å². The van der Waals surface area contributed by atoms with E-state index in [1.807, 2.05) is 25.1 Å². The van der Waals surface area contributed by atoms with Gasteiger partial charge in [-0.15, -0.1) is 0 Å². The van der Waals surface area contributed by atoms with E-state index in [4.69, 9.17) is 9.15 Å². The zero-order valence-electron chi connectivity index (χ0n) is 14.9. The van der Waals surface area contributed by atoms with Gasteiger partial charge in [-0.2, -0.15) is 0 Å². The van der Waals surface area contributed by atoms with Crippen molar-refractivity contribution >= 4 is 16.9 Å². The van der Waals surface area contributed by atoms with Crippen LogP contribution in [0.25, 0.3) is 11.0 Å². The lowest BCUT2D eigenvalue weighted by Gasteiger charge is -2.22. The van der Waals surface area contributed by atoms with Gasteiger partial charge in [-0.25, -0.2) is 4.79 Å². The molecule has 0 bridgehead atoms. The molecule has 0 N–H and O–H groups in total.